The first-order valence-electron chi connectivity index (χ1n) is 8.33. The van der Waals surface area contributed by atoms with E-state index in [1.54, 1.807) is 30.7 Å². The number of rotatable bonds is 6. The van der Waals surface area contributed by atoms with Crippen LogP contribution in [0.4, 0.5) is 11.4 Å². The van der Waals surface area contributed by atoms with Crippen molar-refractivity contribution in [2.75, 3.05) is 4.72 Å². The molecule has 0 unspecified atom stereocenters. The van der Waals surface area contributed by atoms with Gasteiger partial charge in [-0.15, -0.1) is 0 Å². The summed E-state index contributed by atoms with van der Waals surface area (Å²) in [6.45, 7) is 3.81. The van der Waals surface area contributed by atoms with Crippen LogP contribution in [0.25, 0.3) is 0 Å². The molecule has 29 heavy (non-hydrogen) atoms. The zero-order valence-electron chi connectivity index (χ0n) is 15.4. The molecule has 11 heteroatoms. The first kappa shape index (κ1) is 21.1. The Morgan fingerprint density at radius 1 is 1.10 bits per heavy atom. The van der Waals surface area contributed by atoms with E-state index in [4.69, 9.17) is 23.2 Å². The van der Waals surface area contributed by atoms with E-state index in [9.17, 15) is 18.5 Å². The molecule has 0 fully saturated rings. The Morgan fingerprint density at radius 3 is 2.34 bits per heavy atom. The average Bonchev–Trinajstić information content (AvgIpc) is 2.92. The fraction of sp³-hybridized carbons (Fsp3) is 0.167. The lowest BCUT2D eigenvalue weighted by Crippen LogP contribution is -2.14. The maximum atomic E-state index is 12.7. The minimum atomic E-state index is -3.94. The molecule has 2 aromatic carbocycles. The standard InChI is InChI=1S/C18H16Cl2N4O4S/c1-11-18(22-29(27,28)15-6-4-14(5-7-15)24(25)26)12(2)23(21-11)10-13-3-8-16(19)17(20)9-13/h3-9,22H,10H2,1-2H3. The van der Waals surface area contributed by atoms with Crippen molar-refractivity contribution in [1.29, 1.82) is 0 Å². The first-order valence-corrected chi connectivity index (χ1v) is 10.6. The number of aromatic nitrogens is 2. The molecule has 0 aliphatic rings. The minimum absolute atomic E-state index is 0.0841. The van der Waals surface area contributed by atoms with Crippen molar-refractivity contribution in [2.24, 2.45) is 0 Å². The molecule has 8 nitrogen and oxygen atoms in total. The van der Waals surface area contributed by atoms with Crippen LogP contribution in [-0.4, -0.2) is 23.1 Å². The number of nitro groups is 1. The third-order valence-electron chi connectivity index (χ3n) is 4.29. The van der Waals surface area contributed by atoms with E-state index >= 15 is 0 Å². The molecule has 1 aromatic heterocycles. The van der Waals surface area contributed by atoms with Gasteiger partial charge in [-0.1, -0.05) is 29.3 Å². The van der Waals surface area contributed by atoms with Crippen molar-refractivity contribution in [3.8, 4) is 0 Å². The highest BCUT2D eigenvalue weighted by Gasteiger charge is 2.21. The Bertz CT molecular complexity index is 1190. The number of aryl methyl sites for hydroxylation is 1. The van der Waals surface area contributed by atoms with Crippen molar-refractivity contribution >= 4 is 44.6 Å². The van der Waals surface area contributed by atoms with Gasteiger partial charge >= 0.3 is 0 Å². The number of hydrogen-bond donors (Lipinski definition) is 1. The number of hydrogen-bond acceptors (Lipinski definition) is 5. The van der Waals surface area contributed by atoms with E-state index in [0.717, 1.165) is 17.7 Å². The Balaban J connectivity index is 1.87. The largest absolute Gasteiger partial charge is 0.276 e. The van der Waals surface area contributed by atoms with Crippen molar-refractivity contribution < 1.29 is 13.3 Å². The number of non-ortho nitro benzene ring substituents is 1. The van der Waals surface area contributed by atoms with Gasteiger partial charge in [-0.25, -0.2) is 8.42 Å². The summed E-state index contributed by atoms with van der Waals surface area (Å²) < 4.78 is 29.5. The number of nitrogens with zero attached hydrogens (tertiary/aromatic N) is 3. The Kier molecular flexibility index (Phi) is 5.83. The van der Waals surface area contributed by atoms with Gasteiger partial charge in [0.1, 0.15) is 0 Å². The smallest absolute Gasteiger partial charge is 0.269 e. The Hall–Kier alpha value is -2.62. The third kappa shape index (κ3) is 4.52. The fourth-order valence-electron chi connectivity index (χ4n) is 2.75. The predicted molar refractivity (Wildman–Crippen MR) is 111 cm³/mol. The van der Waals surface area contributed by atoms with Gasteiger partial charge in [-0.3, -0.25) is 19.5 Å². The zero-order valence-corrected chi connectivity index (χ0v) is 17.7. The van der Waals surface area contributed by atoms with Crippen LogP contribution in [0.5, 0.6) is 0 Å². The Labute approximate surface area is 177 Å². The van der Waals surface area contributed by atoms with Crippen LogP contribution in [0.3, 0.4) is 0 Å². The average molecular weight is 455 g/mol. The lowest BCUT2D eigenvalue weighted by molar-refractivity contribution is -0.384. The topological polar surface area (TPSA) is 107 Å². The van der Waals surface area contributed by atoms with Crippen LogP contribution in [-0.2, 0) is 16.6 Å². The van der Waals surface area contributed by atoms with Crippen LogP contribution in [0.1, 0.15) is 17.0 Å². The molecular formula is C18H16Cl2N4O4S. The van der Waals surface area contributed by atoms with Gasteiger partial charge in [0.15, 0.2) is 0 Å². The molecule has 0 spiro atoms. The van der Waals surface area contributed by atoms with E-state index in [0.29, 0.717) is 33.7 Å². The van der Waals surface area contributed by atoms with Gasteiger partial charge in [-0.05, 0) is 43.7 Å². The normalized spacial score (nSPS) is 11.4. The molecule has 0 aliphatic carbocycles. The van der Waals surface area contributed by atoms with Crippen molar-refractivity contribution in [3.63, 3.8) is 0 Å². The third-order valence-corrected chi connectivity index (χ3v) is 6.40. The highest BCUT2D eigenvalue weighted by Crippen LogP contribution is 2.27. The number of halogens is 2. The summed E-state index contributed by atoms with van der Waals surface area (Å²) in [4.78, 5) is 10.1. The van der Waals surface area contributed by atoms with Crippen LogP contribution in [0, 0.1) is 24.0 Å². The molecule has 0 atom stereocenters. The van der Waals surface area contributed by atoms with Crippen LogP contribution < -0.4 is 4.72 Å². The monoisotopic (exact) mass is 454 g/mol. The van der Waals surface area contributed by atoms with E-state index in [-0.39, 0.29) is 10.6 Å². The van der Waals surface area contributed by atoms with Gasteiger partial charge in [0.25, 0.3) is 15.7 Å². The quantitative estimate of drug-likeness (QED) is 0.433. The fourth-order valence-corrected chi connectivity index (χ4v) is 4.25. The second-order valence-corrected chi connectivity index (χ2v) is 8.81. The highest BCUT2D eigenvalue weighted by molar-refractivity contribution is 7.92. The number of nitro benzene ring substituents is 1. The summed E-state index contributed by atoms with van der Waals surface area (Å²) in [6.07, 6.45) is 0. The number of anilines is 1. The molecule has 0 amide bonds. The summed E-state index contributed by atoms with van der Waals surface area (Å²) in [6, 6.07) is 9.87. The van der Waals surface area contributed by atoms with Crippen LogP contribution in [0.15, 0.2) is 47.4 Å². The van der Waals surface area contributed by atoms with Gasteiger partial charge in [-0.2, -0.15) is 5.10 Å². The first-order chi connectivity index (χ1) is 13.6. The lowest BCUT2D eigenvalue weighted by atomic mass is 10.2. The molecule has 0 saturated carbocycles. The zero-order chi connectivity index (χ0) is 21.3. The maximum absolute atomic E-state index is 12.7. The Morgan fingerprint density at radius 2 is 1.76 bits per heavy atom. The molecule has 0 aliphatic heterocycles. The number of benzene rings is 2. The van der Waals surface area contributed by atoms with Crippen molar-refractivity contribution in [2.45, 2.75) is 25.3 Å². The second-order valence-electron chi connectivity index (χ2n) is 6.31. The van der Waals surface area contributed by atoms with Crippen LogP contribution in [0.2, 0.25) is 10.0 Å². The van der Waals surface area contributed by atoms with E-state index in [1.807, 2.05) is 6.07 Å². The van der Waals surface area contributed by atoms with Crippen molar-refractivity contribution in [1.82, 2.24) is 9.78 Å². The summed E-state index contributed by atoms with van der Waals surface area (Å²) >= 11 is 12.0. The molecule has 1 heterocycles. The van der Waals surface area contributed by atoms with Gasteiger partial charge in [0, 0.05) is 12.1 Å². The highest BCUT2D eigenvalue weighted by atomic mass is 35.5. The van der Waals surface area contributed by atoms with E-state index in [1.165, 1.54) is 12.1 Å². The van der Waals surface area contributed by atoms with Gasteiger partial charge < -0.3 is 0 Å². The summed E-state index contributed by atoms with van der Waals surface area (Å²) in [5.41, 5.74) is 2.12. The summed E-state index contributed by atoms with van der Waals surface area (Å²) in [7, 11) is -3.94. The van der Waals surface area contributed by atoms with Crippen LogP contribution >= 0.6 is 23.2 Å². The molecule has 0 saturated heterocycles. The molecular weight excluding hydrogens is 439 g/mol. The SMILES string of the molecule is Cc1nn(Cc2ccc(Cl)c(Cl)c2)c(C)c1NS(=O)(=O)c1ccc([N+](=O)[O-])cc1. The maximum Gasteiger partial charge on any atom is 0.269 e. The lowest BCUT2D eigenvalue weighted by Gasteiger charge is -2.09. The molecule has 1 N–H and O–H groups in total. The number of sulfonamides is 1. The summed E-state index contributed by atoms with van der Waals surface area (Å²) in [5, 5.41) is 16.0. The van der Waals surface area contributed by atoms with Gasteiger partial charge in [0.05, 0.1) is 43.5 Å². The van der Waals surface area contributed by atoms with E-state index in [2.05, 4.69) is 9.82 Å². The second kappa shape index (κ2) is 8.02. The minimum Gasteiger partial charge on any atom is -0.276 e. The summed E-state index contributed by atoms with van der Waals surface area (Å²) in [5.74, 6) is 0. The molecule has 3 rings (SSSR count). The van der Waals surface area contributed by atoms with Gasteiger partial charge in [0.2, 0.25) is 0 Å². The van der Waals surface area contributed by atoms with Crippen molar-refractivity contribution in [3.05, 3.63) is 79.6 Å². The van der Waals surface area contributed by atoms with E-state index < -0.39 is 14.9 Å². The molecule has 0 bridgehead atoms. The molecule has 0 radical (unpaired) electrons. The number of nitrogens with one attached hydrogen (secondary N) is 1. The molecule has 152 valence electrons. The predicted octanol–water partition coefficient (Wildman–Crippen LogP) is 4.56. The molecule has 3 aromatic rings.